The van der Waals surface area contributed by atoms with E-state index in [4.69, 9.17) is 0 Å². The predicted molar refractivity (Wildman–Crippen MR) is 82.3 cm³/mol. The normalized spacial score (nSPS) is 10.4. The first-order valence-electron chi connectivity index (χ1n) is 7.22. The summed E-state index contributed by atoms with van der Waals surface area (Å²) >= 11 is 0. The molecule has 2 N–H and O–H groups in total. The molecule has 0 aliphatic rings. The first-order valence-corrected chi connectivity index (χ1v) is 7.22. The highest BCUT2D eigenvalue weighted by atomic mass is 16.2. The maximum atomic E-state index is 12.2. The van der Waals surface area contributed by atoms with Gasteiger partial charge in [0.15, 0.2) is 0 Å². The lowest BCUT2D eigenvalue weighted by Gasteiger charge is -2.18. The van der Waals surface area contributed by atoms with Gasteiger partial charge in [0.25, 0.3) is 5.91 Å². The number of anilines is 1. The summed E-state index contributed by atoms with van der Waals surface area (Å²) in [6, 6.07) is 3.66. The van der Waals surface area contributed by atoms with Gasteiger partial charge in [-0.1, -0.05) is 0 Å². The zero-order valence-electron chi connectivity index (χ0n) is 12.5. The van der Waals surface area contributed by atoms with Crippen LogP contribution in [-0.2, 0) is 6.42 Å². The van der Waals surface area contributed by atoms with Crippen LogP contribution in [0.4, 0.5) is 5.69 Å². The third-order valence-electron chi connectivity index (χ3n) is 3.28. The Morgan fingerprint density at radius 1 is 1.29 bits per heavy atom. The minimum absolute atomic E-state index is 0.0327. The highest BCUT2D eigenvalue weighted by Crippen LogP contribution is 2.10. The molecule has 6 heteroatoms. The number of aromatic nitrogens is 3. The standard InChI is InChI=1S/C15H21N5O/c1-3-20(4-2)15(21)13-11-12(5-7-17-13)16-8-6-14-18-9-10-19-14/h5,7,9-11H,3-4,6,8H2,1-2H3,(H,16,17)(H,18,19). The van der Waals surface area contributed by atoms with Crippen LogP contribution in [0, 0.1) is 0 Å². The summed E-state index contributed by atoms with van der Waals surface area (Å²) in [5.41, 5.74) is 1.37. The van der Waals surface area contributed by atoms with Gasteiger partial charge in [0.1, 0.15) is 11.5 Å². The van der Waals surface area contributed by atoms with Crippen LogP contribution in [0.25, 0.3) is 0 Å². The molecule has 0 unspecified atom stereocenters. The highest BCUT2D eigenvalue weighted by Gasteiger charge is 2.13. The van der Waals surface area contributed by atoms with Gasteiger partial charge < -0.3 is 15.2 Å². The molecule has 0 aromatic carbocycles. The fourth-order valence-electron chi connectivity index (χ4n) is 2.09. The van der Waals surface area contributed by atoms with Gasteiger partial charge in [0.2, 0.25) is 0 Å². The van der Waals surface area contributed by atoms with E-state index >= 15 is 0 Å². The molecular weight excluding hydrogens is 266 g/mol. The molecule has 0 radical (unpaired) electrons. The molecule has 1 amide bonds. The van der Waals surface area contributed by atoms with Crippen molar-refractivity contribution in [2.45, 2.75) is 20.3 Å². The number of aromatic amines is 1. The maximum absolute atomic E-state index is 12.2. The minimum Gasteiger partial charge on any atom is -0.384 e. The molecule has 21 heavy (non-hydrogen) atoms. The number of hydrogen-bond acceptors (Lipinski definition) is 4. The van der Waals surface area contributed by atoms with Crippen molar-refractivity contribution < 1.29 is 4.79 Å². The van der Waals surface area contributed by atoms with E-state index in [2.05, 4.69) is 20.3 Å². The van der Waals surface area contributed by atoms with Gasteiger partial charge >= 0.3 is 0 Å². The Morgan fingerprint density at radius 2 is 2.10 bits per heavy atom. The van der Waals surface area contributed by atoms with Crippen LogP contribution in [0.5, 0.6) is 0 Å². The monoisotopic (exact) mass is 287 g/mol. The van der Waals surface area contributed by atoms with Gasteiger partial charge in [-0.05, 0) is 26.0 Å². The van der Waals surface area contributed by atoms with Gasteiger partial charge in [-0.15, -0.1) is 0 Å². The topological polar surface area (TPSA) is 73.9 Å². The quantitative estimate of drug-likeness (QED) is 0.816. The zero-order valence-corrected chi connectivity index (χ0v) is 12.5. The molecule has 0 aliphatic carbocycles. The van der Waals surface area contributed by atoms with Crippen molar-refractivity contribution in [1.29, 1.82) is 0 Å². The second-order valence-electron chi connectivity index (χ2n) is 4.62. The molecule has 112 valence electrons. The van der Waals surface area contributed by atoms with E-state index in [1.54, 1.807) is 23.4 Å². The summed E-state index contributed by atoms with van der Waals surface area (Å²) in [4.78, 5) is 25.4. The second kappa shape index (κ2) is 7.42. The molecule has 2 aromatic heterocycles. The number of carbonyl (C=O) groups excluding carboxylic acids is 1. The molecule has 0 saturated heterocycles. The number of imidazole rings is 1. The Morgan fingerprint density at radius 3 is 2.76 bits per heavy atom. The summed E-state index contributed by atoms with van der Waals surface area (Å²) in [5.74, 6) is 0.908. The number of pyridine rings is 1. The molecule has 6 nitrogen and oxygen atoms in total. The first kappa shape index (κ1) is 15.0. The summed E-state index contributed by atoms with van der Waals surface area (Å²) in [6.07, 6.45) is 6.01. The number of nitrogens with one attached hydrogen (secondary N) is 2. The van der Waals surface area contributed by atoms with Crippen molar-refractivity contribution in [1.82, 2.24) is 19.9 Å². The molecule has 0 atom stereocenters. The Hall–Kier alpha value is -2.37. The van der Waals surface area contributed by atoms with Crippen LogP contribution < -0.4 is 5.32 Å². The smallest absolute Gasteiger partial charge is 0.272 e. The summed E-state index contributed by atoms with van der Waals surface area (Å²) in [6.45, 7) is 6.05. The molecule has 0 fully saturated rings. The van der Waals surface area contributed by atoms with E-state index in [0.717, 1.165) is 24.5 Å². The lowest BCUT2D eigenvalue weighted by Crippen LogP contribution is -2.31. The Labute approximate surface area is 124 Å². The number of carbonyl (C=O) groups is 1. The number of amides is 1. The lowest BCUT2D eigenvalue weighted by atomic mass is 10.2. The highest BCUT2D eigenvalue weighted by molar-refractivity contribution is 5.93. The molecule has 0 saturated carbocycles. The number of nitrogens with zero attached hydrogens (tertiary/aromatic N) is 3. The molecule has 2 heterocycles. The SMILES string of the molecule is CCN(CC)C(=O)c1cc(NCCc2ncc[nH]2)ccn1. The van der Waals surface area contributed by atoms with E-state index in [-0.39, 0.29) is 5.91 Å². The molecular formula is C15H21N5O. The van der Waals surface area contributed by atoms with E-state index in [9.17, 15) is 4.79 Å². The van der Waals surface area contributed by atoms with E-state index < -0.39 is 0 Å². The van der Waals surface area contributed by atoms with Crippen LogP contribution in [-0.4, -0.2) is 45.4 Å². The van der Waals surface area contributed by atoms with Crippen LogP contribution in [0.3, 0.4) is 0 Å². The van der Waals surface area contributed by atoms with Gasteiger partial charge in [-0.2, -0.15) is 0 Å². The Bertz CT molecular complexity index is 563. The molecule has 2 rings (SSSR count). The van der Waals surface area contributed by atoms with Crippen LogP contribution >= 0.6 is 0 Å². The zero-order chi connectivity index (χ0) is 15.1. The molecule has 0 aliphatic heterocycles. The van der Waals surface area contributed by atoms with Crippen molar-refractivity contribution in [3.8, 4) is 0 Å². The Balaban J connectivity index is 1.95. The fraction of sp³-hybridized carbons (Fsp3) is 0.400. The van der Waals surface area contributed by atoms with Gasteiger partial charge in [-0.25, -0.2) is 4.98 Å². The average Bonchev–Trinajstić information content (AvgIpc) is 3.02. The van der Waals surface area contributed by atoms with Crippen LogP contribution in [0.1, 0.15) is 30.2 Å². The van der Waals surface area contributed by atoms with Crippen molar-refractivity contribution >= 4 is 11.6 Å². The largest absolute Gasteiger partial charge is 0.384 e. The summed E-state index contributed by atoms with van der Waals surface area (Å²) in [7, 11) is 0. The van der Waals surface area contributed by atoms with E-state index in [1.807, 2.05) is 26.1 Å². The lowest BCUT2D eigenvalue weighted by molar-refractivity contribution is 0.0767. The van der Waals surface area contributed by atoms with E-state index in [1.165, 1.54) is 0 Å². The second-order valence-corrected chi connectivity index (χ2v) is 4.62. The number of H-pyrrole nitrogens is 1. The first-order chi connectivity index (χ1) is 10.2. The third kappa shape index (κ3) is 4.05. The average molecular weight is 287 g/mol. The number of hydrogen-bond donors (Lipinski definition) is 2. The number of rotatable bonds is 7. The fourth-order valence-corrected chi connectivity index (χ4v) is 2.09. The van der Waals surface area contributed by atoms with Crippen molar-refractivity contribution in [2.24, 2.45) is 0 Å². The minimum atomic E-state index is -0.0327. The third-order valence-corrected chi connectivity index (χ3v) is 3.28. The predicted octanol–water partition coefficient (Wildman–Crippen LogP) is 1.94. The van der Waals surface area contributed by atoms with E-state index in [0.29, 0.717) is 18.8 Å². The van der Waals surface area contributed by atoms with Gasteiger partial charge in [-0.3, -0.25) is 9.78 Å². The van der Waals surface area contributed by atoms with Gasteiger partial charge in [0, 0.05) is 50.3 Å². The summed E-state index contributed by atoms with van der Waals surface area (Å²) in [5, 5.41) is 3.28. The van der Waals surface area contributed by atoms with Crippen molar-refractivity contribution in [3.05, 3.63) is 42.2 Å². The molecule has 0 spiro atoms. The maximum Gasteiger partial charge on any atom is 0.272 e. The Kier molecular flexibility index (Phi) is 5.31. The molecule has 0 bridgehead atoms. The van der Waals surface area contributed by atoms with Gasteiger partial charge in [0.05, 0.1) is 0 Å². The van der Waals surface area contributed by atoms with Crippen molar-refractivity contribution in [2.75, 3.05) is 25.0 Å². The van der Waals surface area contributed by atoms with Crippen molar-refractivity contribution in [3.63, 3.8) is 0 Å². The van der Waals surface area contributed by atoms with Crippen LogP contribution in [0.15, 0.2) is 30.7 Å². The molecule has 2 aromatic rings. The van der Waals surface area contributed by atoms with Crippen LogP contribution in [0.2, 0.25) is 0 Å². The summed E-state index contributed by atoms with van der Waals surface area (Å²) < 4.78 is 0.